The summed E-state index contributed by atoms with van der Waals surface area (Å²) in [6, 6.07) is 0. The predicted octanol–water partition coefficient (Wildman–Crippen LogP) is 0.720. The summed E-state index contributed by atoms with van der Waals surface area (Å²) in [5.74, 6) is 4.52. The number of ether oxygens (including phenoxy) is 1. The Morgan fingerprint density at radius 3 is 3.08 bits per heavy atom. The van der Waals surface area contributed by atoms with E-state index >= 15 is 0 Å². The van der Waals surface area contributed by atoms with Crippen LogP contribution in [0.4, 0.5) is 0 Å². The summed E-state index contributed by atoms with van der Waals surface area (Å²) in [6.07, 6.45) is 3.97. The van der Waals surface area contributed by atoms with Crippen molar-refractivity contribution in [2.24, 2.45) is 0 Å². The highest BCUT2D eigenvalue weighted by Gasteiger charge is 2.27. The molecule has 0 saturated carbocycles. The number of carbonyl (C=O) groups is 2. The molecule has 0 unspecified atom stereocenters. The third-order valence-corrected chi connectivity index (χ3v) is 1.86. The molecule has 0 atom stereocenters. The van der Waals surface area contributed by atoms with Crippen molar-refractivity contribution in [3.8, 4) is 11.8 Å². The van der Waals surface area contributed by atoms with Crippen molar-refractivity contribution >= 4 is 11.9 Å². The zero-order valence-corrected chi connectivity index (χ0v) is 6.79. The largest absolute Gasteiger partial charge is 0.389 e. The number of rotatable bonds is 0. The van der Waals surface area contributed by atoms with Crippen molar-refractivity contribution < 1.29 is 14.3 Å². The lowest BCUT2D eigenvalue weighted by molar-refractivity contribution is -0.157. The van der Waals surface area contributed by atoms with Gasteiger partial charge < -0.3 is 4.74 Å². The number of fused-ring (bicyclic) bond motifs is 1. The molecule has 0 radical (unpaired) electrons. The molecule has 0 amide bonds. The van der Waals surface area contributed by atoms with Gasteiger partial charge in [0.2, 0.25) is 0 Å². The second kappa shape index (κ2) is 2.91. The van der Waals surface area contributed by atoms with Crippen molar-refractivity contribution in [1.82, 2.24) is 0 Å². The molecular formula is C10H6O3. The number of esters is 2. The van der Waals surface area contributed by atoms with Crippen LogP contribution in [0.5, 0.6) is 0 Å². The van der Waals surface area contributed by atoms with Gasteiger partial charge in [-0.25, -0.2) is 4.79 Å². The number of hydrogen-bond acceptors (Lipinski definition) is 3. The van der Waals surface area contributed by atoms with Crippen LogP contribution in [0.3, 0.4) is 0 Å². The van der Waals surface area contributed by atoms with Gasteiger partial charge in [0, 0.05) is 6.42 Å². The van der Waals surface area contributed by atoms with Crippen LogP contribution in [0.15, 0.2) is 23.3 Å². The molecule has 0 N–H and O–H groups in total. The average molecular weight is 174 g/mol. The molecule has 3 nitrogen and oxygen atoms in total. The van der Waals surface area contributed by atoms with Crippen molar-refractivity contribution in [3.05, 3.63) is 23.3 Å². The first-order chi connectivity index (χ1) is 6.27. The topological polar surface area (TPSA) is 43.4 Å². The Morgan fingerprint density at radius 2 is 2.23 bits per heavy atom. The molecule has 13 heavy (non-hydrogen) atoms. The molecule has 2 aliphatic rings. The van der Waals surface area contributed by atoms with Crippen molar-refractivity contribution in [1.29, 1.82) is 0 Å². The van der Waals surface area contributed by atoms with Gasteiger partial charge in [-0.2, -0.15) is 0 Å². The first-order valence-corrected chi connectivity index (χ1v) is 3.90. The van der Waals surface area contributed by atoms with Crippen LogP contribution in [0.25, 0.3) is 0 Å². The van der Waals surface area contributed by atoms with Gasteiger partial charge in [0.05, 0.1) is 12.0 Å². The van der Waals surface area contributed by atoms with E-state index < -0.39 is 11.9 Å². The fraction of sp³-hybridized carbons (Fsp3) is 0.200. The number of allylic oxidation sites excluding steroid dienone is 2. The van der Waals surface area contributed by atoms with Gasteiger partial charge in [-0.15, -0.1) is 0 Å². The van der Waals surface area contributed by atoms with E-state index in [1.54, 1.807) is 12.2 Å². The second-order valence-electron chi connectivity index (χ2n) is 2.75. The molecule has 1 aliphatic heterocycles. The van der Waals surface area contributed by atoms with E-state index in [1.165, 1.54) is 0 Å². The average Bonchev–Trinajstić information content (AvgIpc) is 2.28. The Hall–Kier alpha value is -1.82. The van der Waals surface area contributed by atoms with Gasteiger partial charge >= 0.3 is 11.9 Å². The Labute approximate surface area is 75.1 Å². The van der Waals surface area contributed by atoms with E-state index in [1.807, 2.05) is 0 Å². The monoisotopic (exact) mass is 174 g/mol. The maximum absolute atomic E-state index is 11.2. The van der Waals surface area contributed by atoms with Crippen LogP contribution in [0.1, 0.15) is 12.8 Å². The minimum Gasteiger partial charge on any atom is -0.389 e. The van der Waals surface area contributed by atoms with E-state index in [-0.39, 0.29) is 6.42 Å². The lowest BCUT2D eigenvalue weighted by Gasteiger charge is -2.14. The van der Waals surface area contributed by atoms with E-state index in [4.69, 9.17) is 0 Å². The molecule has 0 aromatic rings. The number of cyclic esters (lactones) is 2. The zero-order chi connectivity index (χ0) is 9.26. The van der Waals surface area contributed by atoms with Crippen LogP contribution in [-0.4, -0.2) is 11.9 Å². The van der Waals surface area contributed by atoms with Gasteiger partial charge in [-0.1, -0.05) is 17.9 Å². The Morgan fingerprint density at radius 1 is 1.38 bits per heavy atom. The van der Waals surface area contributed by atoms with Crippen molar-refractivity contribution in [2.75, 3.05) is 0 Å². The molecule has 2 rings (SSSR count). The fourth-order valence-corrected chi connectivity index (χ4v) is 1.27. The van der Waals surface area contributed by atoms with E-state index in [0.717, 1.165) is 0 Å². The molecular weight excluding hydrogens is 168 g/mol. The highest BCUT2D eigenvalue weighted by atomic mass is 16.6. The fourth-order valence-electron chi connectivity index (χ4n) is 1.27. The summed E-state index contributed by atoms with van der Waals surface area (Å²) in [5.41, 5.74) is 1.14. The summed E-state index contributed by atoms with van der Waals surface area (Å²) in [7, 11) is 0. The highest BCUT2D eigenvalue weighted by molar-refractivity contribution is 6.04. The normalized spacial score (nSPS) is 20.0. The molecule has 1 saturated heterocycles. The van der Waals surface area contributed by atoms with Gasteiger partial charge in [-0.3, -0.25) is 4.79 Å². The molecule has 0 spiro atoms. The SMILES string of the molecule is O=C1CC2=CC#CCC=C2C(=O)O1. The second-order valence-corrected chi connectivity index (χ2v) is 2.75. The Bertz CT molecular complexity index is 402. The molecule has 0 aromatic heterocycles. The van der Waals surface area contributed by atoms with Crippen LogP contribution in [0, 0.1) is 11.8 Å². The van der Waals surface area contributed by atoms with E-state index in [9.17, 15) is 9.59 Å². The maximum atomic E-state index is 11.2. The van der Waals surface area contributed by atoms with Crippen LogP contribution >= 0.6 is 0 Å². The summed E-state index contributed by atoms with van der Waals surface area (Å²) >= 11 is 0. The number of carbonyl (C=O) groups excluding carboxylic acids is 2. The summed E-state index contributed by atoms with van der Waals surface area (Å²) in [6.45, 7) is 0. The molecule has 1 fully saturated rings. The Kier molecular flexibility index (Phi) is 1.75. The van der Waals surface area contributed by atoms with Gasteiger partial charge in [0.15, 0.2) is 0 Å². The molecule has 0 bridgehead atoms. The molecule has 64 valence electrons. The molecule has 0 aromatic carbocycles. The third-order valence-electron chi connectivity index (χ3n) is 1.86. The van der Waals surface area contributed by atoms with Crippen molar-refractivity contribution in [2.45, 2.75) is 12.8 Å². The molecule has 3 heteroatoms. The van der Waals surface area contributed by atoms with Gasteiger partial charge in [0.1, 0.15) is 0 Å². The summed E-state index contributed by atoms with van der Waals surface area (Å²) in [5, 5.41) is 0. The number of hydrogen-bond donors (Lipinski definition) is 0. The van der Waals surface area contributed by atoms with Gasteiger partial charge in [-0.05, 0) is 11.6 Å². The maximum Gasteiger partial charge on any atom is 0.345 e. The minimum absolute atomic E-state index is 0.145. The Balaban J connectivity index is 2.42. The van der Waals surface area contributed by atoms with Crippen LogP contribution < -0.4 is 0 Å². The first-order valence-electron chi connectivity index (χ1n) is 3.90. The standard InChI is InChI=1S/C10H6O3/c11-9-6-7-4-2-1-3-5-8(7)10(12)13-9/h4-5H,3,6H2. The highest BCUT2D eigenvalue weighted by Crippen LogP contribution is 2.23. The quantitative estimate of drug-likeness (QED) is 0.309. The first kappa shape index (κ1) is 7.81. The summed E-state index contributed by atoms with van der Waals surface area (Å²) in [4.78, 5) is 22.1. The third kappa shape index (κ3) is 1.38. The lowest BCUT2D eigenvalue weighted by Crippen LogP contribution is -2.22. The van der Waals surface area contributed by atoms with Crippen molar-refractivity contribution in [3.63, 3.8) is 0 Å². The van der Waals surface area contributed by atoms with E-state index in [2.05, 4.69) is 16.6 Å². The van der Waals surface area contributed by atoms with Gasteiger partial charge in [0.25, 0.3) is 0 Å². The molecule has 1 aliphatic carbocycles. The molecule has 1 heterocycles. The van der Waals surface area contributed by atoms with E-state index in [0.29, 0.717) is 17.6 Å². The lowest BCUT2D eigenvalue weighted by atomic mass is 10.0. The minimum atomic E-state index is -0.562. The zero-order valence-electron chi connectivity index (χ0n) is 6.79. The smallest absolute Gasteiger partial charge is 0.345 e. The summed E-state index contributed by atoms with van der Waals surface area (Å²) < 4.78 is 4.47. The van der Waals surface area contributed by atoms with Crippen LogP contribution in [-0.2, 0) is 14.3 Å². The predicted molar refractivity (Wildman–Crippen MR) is 44.3 cm³/mol. The van der Waals surface area contributed by atoms with Crippen LogP contribution in [0.2, 0.25) is 0 Å².